The second kappa shape index (κ2) is 6.03. The van der Waals surface area contributed by atoms with Crippen LogP contribution in [0.15, 0.2) is 30.3 Å². The number of amides is 2. The van der Waals surface area contributed by atoms with Crippen molar-refractivity contribution in [3.63, 3.8) is 0 Å². The van der Waals surface area contributed by atoms with Crippen LogP contribution in [-0.2, 0) is 0 Å². The van der Waals surface area contributed by atoms with Gasteiger partial charge in [-0.05, 0) is 41.5 Å². The Morgan fingerprint density at radius 3 is 1.96 bits per heavy atom. The topological polar surface area (TPSA) is 57.6 Å². The molecule has 0 saturated carbocycles. The number of rotatable bonds is 3. The molecule has 4 nitrogen and oxygen atoms in total. The van der Waals surface area contributed by atoms with Gasteiger partial charge in [0.05, 0.1) is 16.8 Å². The van der Waals surface area contributed by atoms with E-state index in [1.807, 2.05) is 45.9 Å². The Balaban J connectivity index is 2.27. The summed E-state index contributed by atoms with van der Waals surface area (Å²) in [6, 6.07) is 9.17. The summed E-state index contributed by atoms with van der Waals surface area (Å²) in [5.74, 6) is -0.602. The van der Waals surface area contributed by atoms with Gasteiger partial charge in [0, 0.05) is 0 Å². The third kappa shape index (κ3) is 2.53. The average Bonchev–Trinajstić information content (AvgIpc) is 2.81. The summed E-state index contributed by atoms with van der Waals surface area (Å²) >= 11 is 0. The van der Waals surface area contributed by atoms with E-state index in [0.29, 0.717) is 11.3 Å². The monoisotopic (exact) mass is 337 g/mol. The van der Waals surface area contributed by atoms with Gasteiger partial charge in [0.15, 0.2) is 0 Å². The van der Waals surface area contributed by atoms with Crippen molar-refractivity contribution < 1.29 is 14.7 Å². The number of carbonyl (C=O) groups excluding carboxylic acids is 2. The zero-order chi connectivity index (χ0) is 18.5. The van der Waals surface area contributed by atoms with Crippen LogP contribution in [-0.4, -0.2) is 16.9 Å². The maximum atomic E-state index is 13.1. The van der Waals surface area contributed by atoms with E-state index in [-0.39, 0.29) is 34.6 Å². The van der Waals surface area contributed by atoms with Crippen LogP contribution >= 0.6 is 0 Å². The van der Waals surface area contributed by atoms with Gasteiger partial charge in [-0.15, -0.1) is 0 Å². The van der Waals surface area contributed by atoms with Crippen molar-refractivity contribution in [1.82, 2.24) is 0 Å². The number of imide groups is 1. The highest BCUT2D eigenvalue weighted by Gasteiger charge is 2.41. The van der Waals surface area contributed by atoms with E-state index in [4.69, 9.17) is 0 Å². The normalized spacial score (nSPS) is 14.0. The van der Waals surface area contributed by atoms with Crippen LogP contribution in [0.25, 0.3) is 0 Å². The SMILES string of the molecule is Cc1ccc2c(c1O)C(=O)N(c1c(C(C)C)cccc1C(C)C)C2=O. The summed E-state index contributed by atoms with van der Waals surface area (Å²) in [5.41, 5.74) is 3.53. The summed E-state index contributed by atoms with van der Waals surface area (Å²) in [6.07, 6.45) is 0. The number of phenolic OH excluding ortho intramolecular Hbond substituents is 1. The molecule has 0 aliphatic carbocycles. The zero-order valence-corrected chi connectivity index (χ0v) is 15.3. The van der Waals surface area contributed by atoms with Crippen molar-refractivity contribution in [2.75, 3.05) is 4.90 Å². The predicted octanol–water partition coefficient (Wildman–Crippen LogP) is 4.75. The van der Waals surface area contributed by atoms with Crippen molar-refractivity contribution in [3.8, 4) is 5.75 Å². The Kier molecular flexibility index (Phi) is 4.15. The van der Waals surface area contributed by atoms with Crippen LogP contribution < -0.4 is 4.90 Å². The maximum absolute atomic E-state index is 13.1. The third-order valence-electron chi connectivity index (χ3n) is 4.80. The van der Waals surface area contributed by atoms with Crippen molar-refractivity contribution in [2.45, 2.75) is 46.5 Å². The number of aromatic hydroxyl groups is 1. The molecule has 4 heteroatoms. The second-order valence-electron chi connectivity index (χ2n) is 7.19. The fourth-order valence-corrected chi connectivity index (χ4v) is 3.39. The minimum atomic E-state index is -0.448. The molecule has 0 atom stereocenters. The molecule has 0 fully saturated rings. The lowest BCUT2D eigenvalue weighted by Crippen LogP contribution is -2.31. The van der Waals surface area contributed by atoms with Gasteiger partial charge < -0.3 is 5.11 Å². The molecule has 0 radical (unpaired) electrons. The van der Waals surface area contributed by atoms with Crippen LogP contribution in [0.4, 0.5) is 5.69 Å². The van der Waals surface area contributed by atoms with Gasteiger partial charge in [-0.3, -0.25) is 9.59 Å². The van der Waals surface area contributed by atoms with Crippen LogP contribution in [0.3, 0.4) is 0 Å². The molecule has 0 aromatic heterocycles. The Hall–Kier alpha value is -2.62. The zero-order valence-electron chi connectivity index (χ0n) is 15.3. The fourth-order valence-electron chi connectivity index (χ4n) is 3.39. The summed E-state index contributed by atoms with van der Waals surface area (Å²) < 4.78 is 0. The highest BCUT2D eigenvalue weighted by Crippen LogP contribution is 2.41. The lowest BCUT2D eigenvalue weighted by atomic mass is 9.92. The van der Waals surface area contributed by atoms with Crippen molar-refractivity contribution in [2.24, 2.45) is 0 Å². The molecule has 1 aliphatic heterocycles. The molecule has 1 aliphatic rings. The van der Waals surface area contributed by atoms with Crippen molar-refractivity contribution >= 4 is 17.5 Å². The van der Waals surface area contributed by atoms with Gasteiger partial charge in [-0.25, -0.2) is 4.90 Å². The molecular formula is C21H23NO3. The Bertz CT molecular complexity index is 855. The number of aryl methyl sites for hydroxylation is 1. The summed E-state index contributed by atoms with van der Waals surface area (Å²) in [7, 11) is 0. The first kappa shape index (κ1) is 17.2. The van der Waals surface area contributed by atoms with E-state index in [9.17, 15) is 14.7 Å². The Morgan fingerprint density at radius 2 is 1.44 bits per heavy atom. The van der Waals surface area contributed by atoms with Gasteiger partial charge in [0.1, 0.15) is 5.75 Å². The molecular weight excluding hydrogens is 314 g/mol. The average molecular weight is 337 g/mol. The van der Waals surface area contributed by atoms with Gasteiger partial charge in [-0.2, -0.15) is 0 Å². The molecule has 0 unspecified atom stereocenters. The quantitative estimate of drug-likeness (QED) is 0.822. The van der Waals surface area contributed by atoms with E-state index in [1.165, 1.54) is 4.90 Å². The number of fused-ring (bicyclic) bond motifs is 1. The Morgan fingerprint density at radius 1 is 0.880 bits per heavy atom. The number of carbonyl (C=O) groups is 2. The standard InChI is InChI=1S/C21H23NO3/c1-11(2)14-7-6-8-15(12(3)4)18(14)22-20(24)16-10-9-13(5)19(23)17(16)21(22)25/h6-12,23H,1-5H3. The minimum Gasteiger partial charge on any atom is -0.507 e. The molecule has 0 spiro atoms. The van der Waals surface area contributed by atoms with Gasteiger partial charge in [0.2, 0.25) is 0 Å². The predicted molar refractivity (Wildman–Crippen MR) is 98.6 cm³/mol. The smallest absolute Gasteiger partial charge is 0.269 e. The maximum Gasteiger partial charge on any atom is 0.269 e. The van der Waals surface area contributed by atoms with Gasteiger partial charge >= 0.3 is 0 Å². The van der Waals surface area contributed by atoms with Crippen molar-refractivity contribution in [3.05, 3.63) is 58.1 Å². The van der Waals surface area contributed by atoms with E-state index in [0.717, 1.165) is 11.1 Å². The fraction of sp³-hybridized carbons (Fsp3) is 0.333. The number of para-hydroxylation sites is 1. The highest BCUT2D eigenvalue weighted by molar-refractivity contribution is 6.35. The minimum absolute atomic E-state index is 0.105. The van der Waals surface area contributed by atoms with E-state index in [2.05, 4.69) is 0 Å². The lowest BCUT2D eigenvalue weighted by molar-refractivity contribution is 0.0925. The molecule has 2 aromatic carbocycles. The molecule has 25 heavy (non-hydrogen) atoms. The highest BCUT2D eigenvalue weighted by atomic mass is 16.3. The lowest BCUT2D eigenvalue weighted by Gasteiger charge is -2.25. The number of phenols is 1. The first-order chi connectivity index (χ1) is 11.8. The molecule has 0 saturated heterocycles. The van der Waals surface area contributed by atoms with E-state index >= 15 is 0 Å². The number of hydrogen-bond donors (Lipinski definition) is 1. The summed E-state index contributed by atoms with van der Waals surface area (Å²) in [4.78, 5) is 27.3. The number of benzene rings is 2. The van der Waals surface area contributed by atoms with Gasteiger partial charge in [-0.1, -0.05) is 52.0 Å². The molecule has 2 aromatic rings. The number of nitrogens with zero attached hydrogens (tertiary/aromatic N) is 1. The molecule has 2 amide bonds. The van der Waals surface area contributed by atoms with E-state index < -0.39 is 5.91 Å². The van der Waals surface area contributed by atoms with E-state index in [1.54, 1.807) is 19.1 Å². The van der Waals surface area contributed by atoms with Crippen LogP contribution in [0.1, 0.15) is 76.9 Å². The first-order valence-corrected chi connectivity index (χ1v) is 8.59. The second-order valence-corrected chi connectivity index (χ2v) is 7.19. The Labute approximate surface area is 148 Å². The molecule has 3 rings (SSSR count). The van der Waals surface area contributed by atoms with Crippen LogP contribution in [0.2, 0.25) is 0 Å². The number of hydrogen-bond acceptors (Lipinski definition) is 3. The molecule has 0 bridgehead atoms. The van der Waals surface area contributed by atoms with Crippen LogP contribution in [0, 0.1) is 6.92 Å². The first-order valence-electron chi connectivity index (χ1n) is 8.59. The number of anilines is 1. The molecule has 1 N–H and O–H groups in total. The van der Waals surface area contributed by atoms with Gasteiger partial charge in [0.25, 0.3) is 11.8 Å². The largest absolute Gasteiger partial charge is 0.507 e. The van der Waals surface area contributed by atoms with Crippen LogP contribution in [0.5, 0.6) is 5.75 Å². The summed E-state index contributed by atoms with van der Waals surface area (Å²) in [6.45, 7) is 9.90. The third-order valence-corrected chi connectivity index (χ3v) is 4.80. The molecule has 1 heterocycles. The molecule has 130 valence electrons. The van der Waals surface area contributed by atoms with Crippen molar-refractivity contribution in [1.29, 1.82) is 0 Å². The summed E-state index contributed by atoms with van der Waals surface area (Å²) in [5, 5.41) is 10.3.